The summed E-state index contributed by atoms with van der Waals surface area (Å²) in [7, 11) is -0.636. The molecule has 6 aliphatic rings. The van der Waals surface area contributed by atoms with E-state index in [0.29, 0.717) is 40.9 Å². The van der Waals surface area contributed by atoms with Gasteiger partial charge in [0, 0.05) is 60.4 Å². The standard InChI is InChI=1S/C43H71FN2O3S/c1-38(2,46-25-27-50(49)28-26-46)29-45-30-43-19-9-13-34(43)33-15-16-36-40(5)20-17-32(31(12-10-24-44)11-8-14-37(47)48)39(3,4)35(40)18-21-42(36,7)41(33,6)22-23-43/h12,17,33-36,45H,8-11,13-16,18-30H2,1-7H3,(H,47,48)/b31-12+/t33-,34-,35?,36?,40+,41-,42-,43-/m1/s1. The van der Waals surface area contributed by atoms with Gasteiger partial charge in [-0.2, -0.15) is 0 Å². The Bertz CT molecular complexity index is 1350. The molecule has 2 N–H and O–H groups in total. The Balaban J connectivity index is 1.19. The molecular weight excluding hydrogens is 644 g/mol. The molecule has 5 aliphatic carbocycles. The summed E-state index contributed by atoms with van der Waals surface area (Å²) in [6, 6.07) is 0. The van der Waals surface area contributed by atoms with Gasteiger partial charge in [-0.25, -0.2) is 0 Å². The average molecular weight is 715 g/mol. The summed E-state index contributed by atoms with van der Waals surface area (Å²) < 4.78 is 25.4. The van der Waals surface area contributed by atoms with Crippen LogP contribution in [0.1, 0.15) is 138 Å². The minimum absolute atomic E-state index is 0.0185. The first-order valence-corrected chi connectivity index (χ1v) is 22.0. The number of nitrogens with one attached hydrogen (secondary N) is 1. The van der Waals surface area contributed by atoms with Crippen LogP contribution in [0.15, 0.2) is 23.3 Å². The maximum absolute atomic E-state index is 13.4. The van der Waals surface area contributed by atoms with Gasteiger partial charge in [0.25, 0.3) is 0 Å². The lowest BCUT2D eigenvalue weighted by Gasteiger charge is -2.72. The van der Waals surface area contributed by atoms with E-state index in [-0.39, 0.29) is 29.5 Å². The monoisotopic (exact) mass is 715 g/mol. The number of halogens is 1. The number of aliphatic carboxylic acids is 1. The summed E-state index contributed by atoms with van der Waals surface area (Å²) in [5, 5.41) is 13.4. The molecule has 8 atom stereocenters. The van der Waals surface area contributed by atoms with Crippen LogP contribution in [-0.4, -0.2) is 70.1 Å². The lowest BCUT2D eigenvalue weighted by Crippen LogP contribution is -2.65. The van der Waals surface area contributed by atoms with Gasteiger partial charge in [0.1, 0.15) is 0 Å². The third-order valence-electron chi connectivity index (χ3n) is 16.9. The zero-order valence-electron chi connectivity index (χ0n) is 32.8. The van der Waals surface area contributed by atoms with Crippen LogP contribution >= 0.6 is 0 Å². The second-order valence-electron chi connectivity index (χ2n) is 19.8. The van der Waals surface area contributed by atoms with Gasteiger partial charge in [0.15, 0.2) is 0 Å². The summed E-state index contributed by atoms with van der Waals surface area (Å²) in [6.45, 7) is 21.5. The van der Waals surface area contributed by atoms with E-state index in [1.165, 1.54) is 68.9 Å². The molecule has 4 saturated carbocycles. The number of hydrogen-bond donors (Lipinski definition) is 2. The number of nitrogens with zero attached hydrogens (tertiary/aromatic N) is 1. The largest absolute Gasteiger partial charge is 0.481 e. The number of rotatable bonds is 12. The number of carbonyl (C=O) groups is 1. The number of carboxylic acid groups (broad SMARTS) is 1. The van der Waals surface area contributed by atoms with Crippen molar-refractivity contribution in [3.8, 4) is 0 Å². The van der Waals surface area contributed by atoms with Gasteiger partial charge in [0.05, 0.1) is 6.67 Å². The first-order valence-electron chi connectivity index (χ1n) is 20.5. The highest BCUT2D eigenvalue weighted by molar-refractivity contribution is 7.85. The molecule has 2 unspecified atom stereocenters. The van der Waals surface area contributed by atoms with Gasteiger partial charge < -0.3 is 10.4 Å². The predicted molar refractivity (Wildman–Crippen MR) is 205 cm³/mol. The van der Waals surface area contributed by atoms with Crippen molar-refractivity contribution in [3.63, 3.8) is 0 Å². The van der Waals surface area contributed by atoms with Gasteiger partial charge in [-0.1, -0.05) is 53.2 Å². The number of hydrogen-bond acceptors (Lipinski definition) is 4. The van der Waals surface area contributed by atoms with E-state index in [0.717, 1.165) is 62.4 Å². The molecule has 5 fully saturated rings. The fourth-order valence-corrected chi connectivity index (χ4v) is 15.2. The van der Waals surface area contributed by atoms with Crippen molar-refractivity contribution >= 4 is 16.8 Å². The molecule has 5 nitrogen and oxygen atoms in total. The maximum atomic E-state index is 13.4. The lowest BCUT2D eigenvalue weighted by molar-refractivity contribution is -0.223. The van der Waals surface area contributed by atoms with Gasteiger partial charge in [-0.05, 0) is 153 Å². The smallest absolute Gasteiger partial charge is 0.303 e. The predicted octanol–water partition coefficient (Wildman–Crippen LogP) is 9.35. The van der Waals surface area contributed by atoms with E-state index in [4.69, 9.17) is 0 Å². The van der Waals surface area contributed by atoms with Crippen LogP contribution in [0.3, 0.4) is 0 Å². The third kappa shape index (κ3) is 6.56. The highest BCUT2D eigenvalue weighted by Gasteiger charge is 2.69. The molecule has 7 heteroatoms. The van der Waals surface area contributed by atoms with E-state index >= 15 is 0 Å². The van der Waals surface area contributed by atoms with Gasteiger partial charge in [-0.15, -0.1) is 0 Å². The van der Waals surface area contributed by atoms with E-state index in [9.17, 15) is 18.5 Å². The summed E-state index contributed by atoms with van der Waals surface area (Å²) >= 11 is 0. The summed E-state index contributed by atoms with van der Waals surface area (Å²) in [4.78, 5) is 13.9. The number of carboxylic acids is 1. The highest BCUT2D eigenvalue weighted by atomic mass is 32.2. The van der Waals surface area contributed by atoms with Gasteiger partial charge >= 0.3 is 5.97 Å². The number of alkyl halides is 1. The molecule has 0 aromatic carbocycles. The summed E-state index contributed by atoms with van der Waals surface area (Å²) in [6.07, 6.45) is 19.8. The molecule has 0 bridgehead atoms. The Morgan fingerprint density at radius 3 is 2.42 bits per heavy atom. The Labute approximate surface area is 306 Å². The van der Waals surface area contributed by atoms with E-state index in [1.807, 2.05) is 0 Å². The maximum Gasteiger partial charge on any atom is 0.303 e. The van der Waals surface area contributed by atoms with Crippen molar-refractivity contribution in [2.75, 3.05) is 44.4 Å². The Morgan fingerprint density at radius 1 is 0.980 bits per heavy atom. The topological polar surface area (TPSA) is 69.6 Å². The fraction of sp³-hybridized carbons (Fsp3) is 0.884. The molecule has 1 saturated heterocycles. The van der Waals surface area contributed by atoms with Crippen molar-refractivity contribution < 1.29 is 18.5 Å². The van der Waals surface area contributed by atoms with Crippen molar-refractivity contribution in [1.82, 2.24) is 10.2 Å². The molecule has 6 rings (SSSR count). The summed E-state index contributed by atoms with van der Waals surface area (Å²) in [5.41, 5.74) is 4.01. The minimum Gasteiger partial charge on any atom is -0.481 e. The minimum atomic E-state index is -0.749. The van der Waals surface area contributed by atoms with Crippen LogP contribution in [0.25, 0.3) is 0 Å². The lowest BCUT2D eigenvalue weighted by atomic mass is 9.32. The Hall–Kier alpha value is -1.05. The first-order chi connectivity index (χ1) is 23.5. The zero-order valence-corrected chi connectivity index (χ0v) is 33.6. The molecule has 50 heavy (non-hydrogen) atoms. The van der Waals surface area contributed by atoms with Crippen LogP contribution in [0.4, 0.5) is 4.39 Å². The van der Waals surface area contributed by atoms with E-state index in [1.54, 1.807) is 0 Å². The second-order valence-corrected chi connectivity index (χ2v) is 21.5. The van der Waals surface area contributed by atoms with Crippen LogP contribution in [0, 0.1) is 50.7 Å². The molecular formula is C43H71FN2O3S. The van der Waals surface area contributed by atoms with Crippen LogP contribution in [0.2, 0.25) is 0 Å². The van der Waals surface area contributed by atoms with Crippen molar-refractivity contribution in [2.24, 2.45) is 50.7 Å². The molecule has 0 aromatic rings. The number of allylic oxidation sites excluding steroid dienone is 4. The SMILES string of the molecule is CC1(C)C(/C(=C/CCF)CCCC(=O)O)=CC[C@@]2(C)C1CC[C@]1(C)C2CC[C@@H]2[C@H]3CCC[C@]3(CNCC(C)(C)N3CCS(=O)CC3)CC[C@]21C. The second kappa shape index (κ2) is 14.3. The molecule has 0 aromatic heterocycles. The van der Waals surface area contributed by atoms with Crippen molar-refractivity contribution in [2.45, 2.75) is 144 Å². The Kier molecular flexibility index (Phi) is 11.1. The highest BCUT2D eigenvalue weighted by Crippen LogP contribution is 2.76. The molecule has 0 radical (unpaired) electrons. The van der Waals surface area contributed by atoms with Crippen LogP contribution in [-0.2, 0) is 15.6 Å². The molecule has 1 heterocycles. The molecule has 0 spiro atoms. The normalized spacial score (nSPS) is 40.7. The quantitative estimate of drug-likeness (QED) is 0.211. The summed E-state index contributed by atoms with van der Waals surface area (Å²) in [5.74, 6) is 3.78. The molecule has 284 valence electrons. The zero-order chi connectivity index (χ0) is 36.2. The Morgan fingerprint density at radius 2 is 1.72 bits per heavy atom. The number of fused-ring (bicyclic) bond motifs is 7. The van der Waals surface area contributed by atoms with E-state index < -0.39 is 16.8 Å². The van der Waals surface area contributed by atoms with Gasteiger partial charge in [0.2, 0.25) is 0 Å². The van der Waals surface area contributed by atoms with Gasteiger partial charge in [-0.3, -0.25) is 18.3 Å². The fourth-order valence-electron chi connectivity index (χ4n) is 14.1. The van der Waals surface area contributed by atoms with Crippen LogP contribution < -0.4 is 5.32 Å². The molecule has 1 aliphatic heterocycles. The molecule has 0 amide bonds. The first kappa shape index (κ1) is 38.7. The third-order valence-corrected chi connectivity index (χ3v) is 18.1. The van der Waals surface area contributed by atoms with Crippen molar-refractivity contribution in [3.05, 3.63) is 23.3 Å². The van der Waals surface area contributed by atoms with Crippen molar-refractivity contribution in [1.29, 1.82) is 0 Å². The average Bonchev–Trinajstić information content (AvgIpc) is 3.47. The van der Waals surface area contributed by atoms with E-state index in [2.05, 4.69) is 70.8 Å². The van der Waals surface area contributed by atoms with Crippen LogP contribution in [0.5, 0.6) is 0 Å².